The number of methoxy groups -OCH3 is 1. The molecule has 0 radical (unpaired) electrons. The third kappa shape index (κ3) is 3.83. The van der Waals surface area contributed by atoms with Gasteiger partial charge in [0.15, 0.2) is 0 Å². The number of amides is 1. The number of nitro groups is 1. The Morgan fingerprint density at radius 1 is 1.29 bits per heavy atom. The highest BCUT2D eigenvalue weighted by atomic mass is 35.5. The molecular weight excluding hydrogens is 332 g/mol. The normalized spacial score (nSPS) is 11.7. The van der Waals surface area contributed by atoms with Crippen LogP contribution in [0.25, 0.3) is 0 Å². The minimum atomic E-state index is -0.626. The predicted octanol–water partition coefficient (Wildman–Crippen LogP) is 4.06. The Kier molecular flexibility index (Phi) is 5.41. The van der Waals surface area contributed by atoms with Gasteiger partial charge in [-0.1, -0.05) is 29.3 Å². The molecule has 1 amide bonds. The fraction of sp³-hybridized carbons (Fsp3) is 0.235. The second-order valence-corrected chi connectivity index (χ2v) is 5.80. The summed E-state index contributed by atoms with van der Waals surface area (Å²) in [5.74, 6) is 0.0911. The molecule has 0 spiro atoms. The molecule has 0 saturated carbocycles. The van der Waals surface area contributed by atoms with Crippen molar-refractivity contribution >= 4 is 23.2 Å². The van der Waals surface area contributed by atoms with Crippen LogP contribution in [0, 0.1) is 17.0 Å². The molecule has 0 heterocycles. The van der Waals surface area contributed by atoms with Gasteiger partial charge in [0.1, 0.15) is 11.3 Å². The number of nitrogens with zero attached hydrogens (tertiary/aromatic N) is 1. The van der Waals surface area contributed by atoms with E-state index in [4.69, 9.17) is 16.3 Å². The number of rotatable bonds is 5. The Morgan fingerprint density at radius 3 is 2.62 bits per heavy atom. The molecule has 126 valence electrons. The zero-order valence-corrected chi connectivity index (χ0v) is 14.3. The van der Waals surface area contributed by atoms with Crippen LogP contribution in [0.2, 0.25) is 5.02 Å². The molecule has 2 rings (SSSR count). The van der Waals surface area contributed by atoms with Crippen LogP contribution in [0.5, 0.6) is 5.75 Å². The van der Waals surface area contributed by atoms with Gasteiger partial charge in [0.2, 0.25) is 0 Å². The van der Waals surface area contributed by atoms with Crippen LogP contribution >= 0.6 is 11.6 Å². The molecule has 0 fully saturated rings. The number of carbonyl (C=O) groups excluding carboxylic acids is 1. The van der Waals surface area contributed by atoms with Gasteiger partial charge < -0.3 is 10.1 Å². The van der Waals surface area contributed by atoms with Crippen molar-refractivity contribution in [2.75, 3.05) is 7.11 Å². The summed E-state index contributed by atoms with van der Waals surface area (Å²) >= 11 is 5.77. The first kappa shape index (κ1) is 17.7. The number of hydrogen-bond donors (Lipinski definition) is 1. The lowest BCUT2D eigenvalue weighted by Gasteiger charge is -2.18. The first-order chi connectivity index (χ1) is 11.3. The van der Waals surface area contributed by atoms with Crippen LogP contribution in [0.1, 0.15) is 34.5 Å². The molecular formula is C17H17ClN2O4. The van der Waals surface area contributed by atoms with E-state index >= 15 is 0 Å². The van der Waals surface area contributed by atoms with Crippen molar-refractivity contribution in [1.29, 1.82) is 0 Å². The van der Waals surface area contributed by atoms with Crippen LogP contribution in [-0.4, -0.2) is 17.9 Å². The van der Waals surface area contributed by atoms with Gasteiger partial charge in [-0.25, -0.2) is 0 Å². The molecule has 0 aliphatic carbocycles. The summed E-state index contributed by atoms with van der Waals surface area (Å²) in [5, 5.41) is 14.1. The van der Waals surface area contributed by atoms with Crippen molar-refractivity contribution in [2.24, 2.45) is 0 Å². The second-order valence-electron chi connectivity index (χ2n) is 5.36. The summed E-state index contributed by atoms with van der Waals surface area (Å²) in [4.78, 5) is 23.0. The summed E-state index contributed by atoms with van der Waals surface area (Å²) in [6.07, 6.45) is 0. The number of ether oxygens (including phenoxy) is 1. The molecule has 2 aromatic rings. The highest BCUT2D eigenvalue weighted by Crippen LogP contribution is 2.28. The van der Waals surface area contributed by atoms with Gasteiger partial charge in [-0.2, -0.15) is 0 Å². The summed E-state index contributed by atoms with van der Waals surface area (Å²) in [5.41, 5.74) is 1.44. The first-order valence-electron chi connectivity index (χ1n) is 7.23. The molecule has 24 heavy (non-hydrogen) atoms. The zero-order chi connectivity index (χ0) is 17.9. The average Bonchev–Trinajstić information content (AvgIpc) is 2.54. The van der Waals surface area contributed by atoms with Gasteiger partial charge in [0, 0.05) is 16.7 Å². The smallest absolute Gasteiger partial charge is 0.283 e. The SMILES string of the molecule is COc1ccc(C)cc1[C@@H](C)NC(=O)c1ccc(Cl)cc1[N+](=O)[O-]. The maximum atomic E-state index is 12.5. The van der Waals surface area contributed by atoms with Gasteiger partial charge >= 0.3 is 0 Å². The molecule has 0 unspecified atom stereocenters. The van der Waals surface area contributed by atoms with E-state index in [0.717, 1.165) is 17.2 Å². The summed E-state index contributed by atoms with van der Waals surface area (Å²) in [7, 11) is 1.55. The molecule has 0 aromatic heterocycles. The van der Waals surface area contributed by atoms with Gasteiger partial charge in [0.25, 0.3) is 11.6 Å². The molecule has 6 nitrogen and oxygen atoms in total. The molecule has 1 N–H and O–H groups in total. The van der Waals surface area contributed by atoms with E-state index in [1.54, 1.807) is 14.0 Å². The fourth-order valence-electron chi connectivity index (χ4n) is 2.39. The lowest BCUT2D eigenvalue weighted by atomic mass is 10.0. The third-order valence-electron chi connectivity index (χ3n) is 3.60. The van der Waals surface area contributed by atoms with Gasteiger partial charge in [-0.05, 0) is 32.0 Å². The number of benzene rings is 2. The topological polar surface area (TPSA) is 81.5 Å². The lowest BCUT2D eigenvalue weighted by Crippen LogP contribution is -2.27. The van der Waals surface area contributed by atoms with Gasteiger partial charge in [0.05, 0.1) is 18.1 Å². The van der Waals surface area contributed by atoms with E-state index in [9.17, 15) is 14.9 Å². The van der Waals surface area contributed by atoms with Gasteiger partial charge in [-0.15, -0.1) is 0 Å². The van der Waals surface area contributed by atoms with Gasteiger partial charge in [-0.3, -0.25) is 14.9 Å². The monoisotopic (exact) mass is 348 g/mol. The van der Waals surface area contributed by atoms with E-state index in [0.29, 0.717) is 5.75 Å². The Hall–Kier alpha value is -2.60. The second kappa shape index (κ2) is 7.31. The van der Waals surface area contributed by atoms with Crippen LogP contribution < -0.4 is 10.1 Å². The van der Waals surface area contributed by atoms with E-state index in [2.05, 4.69) is 5.32 Å². The molecule has 0 aliphatic heterocycles. The number of carbonyl (C=O) groups is 1. The lowest BCUT2D eigenvalue weighted by molar-refractivity contribution is -0.385. The van der Waals surface area contributed by atoms with Crippen molar-refractivity contribution < 1.29 is 14.5 Å². The summed E-state index contributed by atoms with van der Waals surface area (Å²) in [6, 6.07) is 9.19. The van der Waals surface area contributed by atoms with E-state index in [1.807, 2.05) is 25.1 Å². The van der Waals surface area contributed by atoms with Crippen molar-refractivity contribution in [1.82, 2.24) is 5.32 Å². The van der Waals surface area contributed by atoms with Crippen LogP contribution in [0.3, 0.4) is 0 Å². The maximum absolute atomic E-state index is 12.5. The largest absolute Gasteiger partial charge is 0.496 e. The minimum Gasteiger partial charge on any atom is -0.496 e. The Labute approximate surface area is 144 Å². The third-order valence-corrected chi connectivity index (χ3v) is 3.84. The molecule has 2 aromatic carbocycles. The maximum Gasteiger partial charge on any atom is 0.283 e. The Bertz CT molecular complexity index is 792. The molecule has 1 atom stereocenters. The van der Waals surface area contributed by atoms with Crippen LogP contribution in [-0.2, 0) is 0 Å². The number of aryl methyl sites for hydroxylation is 1. The molecule has 7 heteroatoms. The average molecular weight is 349 g/mol. The minimum absolute atomic E-state index is 0.0390. The number of halogens is 1. The summed E-state index contributed by atoms with van der Waals surface area (Å²) in [6.45, 7) is 3.72. The predicted molar refractivity (Wildman–Crippen MR) is 91.7 cm³/mol. The Balaban J connectivity index is 2.30. The van der Waals surface area contributed by atoms with Crippen molar-refractivity contribution in [3.05, 3.63) is 68.2 Å². The number of nitro benzene ring substituents is 1. The quantitative estimate of drug-likeness (QED) is 0.652. The van der Waals surface area contributed by atoms with Crippen molar-refractivity contribution in [2.45, 2.75) is 19.9 Å². The van der Waals surface area contributed by atoms with E-state index < -0.39 is 10.8 Å². The van der Waals surface area contributed by atoms with E-state index in [-0.39, 0.29) is 22.3 Å². The van der Waals surface area contributed by atoms with Crippen LogP contribution in [0.4, 0.5) is 5.69 Å². The fourth-order valence-corrected chi connectivity index (χ4v) is 2.56. The number of nitrogens with one attached hydrogen (secondary N) is 1. The first-order valence-corrected chi connectivity index (χ1v) is 7.60. The Morgan fingerprint density at radius 2 is 2.00 bits per heavy atom. The molecule has 0 saturated heterocycles. The highest BCUT2D eigenvalue weighted by molar-refractivity contribution is 6.31. The van der Waals surface area contributed by atoms with Crippen molar-refractivity contribution in [3.8, 4) is 5.75 Å². The molecule has 0 aliphatic rings. The number of hydrogen-bond acceptors (Lipinski definition) is 4. The van der Waals surface area contributed by atoms with Crippen molar-refractivity contribution in [3.63, 3.8) is 0 Å². The molecule has 0 bridgehead atoms. The standard InChI is InChI=1S/C17H17ClN2O4/c1-10-4-7-16(24-3)14(8-10)11(2)19-17(21)13-6-5-12(18)9-15(13)20(22)23/h4-9,11H,1-3H3,(H,19,21)/t11-/m1/s1. The van der Waals surface area contributed by atoms with E-state index in [1.165, 1.54) is 12.1 Å². The summed E-state index contributed by atoms with van der Waals surface area (Å²) < 4.78 is 5.31. The van der Waals surface area contributed by atoms with Crippen LogP contribution in [0.15, 0.2) is 36.4 Å². The highest BCUT2D eigenvalue weighted by Gasteiger charge is 2.23. The zero-order valence-electron chi connectivity index (χ0n) is 13.5.